The minimum Gasteiger partial charge on any atom is -0.453 e. The fourth-order valence-corrected chi connectivity index (χ4v) is 3.56. The van der Waals surface area contributed by atoms with E-state index in [-0.39, 0.29) is 17.3 Å². The average Bonchev–Trinajstić information content (AvgIpc) is 2.85. The minimum absolute atomic E-state index is 0.0511. The molecule has 2 heterocycles. The summed E-state index contributed by atoms with van der Waals surface area (Å²) in [5.41, 5.74) is 1.13. The smallest absolute Gasteiger partial charge is 0.292 e. The fourth-order valence-electron chi connectivity index (χ4n) is 3.56. The number of halogens is 1. The Bertz CT molecular complexity index is 1180. The van der Waals surface area contributed by atoms with Crippen molar-refractivity contribution in [3.05, 3.63) is 94.6 Å². The monoisotopic (exact) mass is 448 g/mol. The number of pyridine rings is 1. The van der Waals surface area contributed by atoms with Crippen LogP contribution < -0.4 is 9.64 Å². The van der Waals surface area contributed by atoms with Gasteiger partial charge in [0.2, 0.25) is 5.91 Å². The Labute approximate surface area is 189 Å². The van der Waals surface area contributed by atoms with Gasteiger partial charge in [0.05, 0.1) is 11.1 Å². The van der Waals surface area contributed by atoms with Crippen LogP contribution in [0.15, 0.2) is 73.1 Å². The standard InChI is InChI=1S/C24H21FN4O4/c25-20-16-18(7-9-23(20)33-19-4-3-11-26-17-19)8-10-24(30)28-14-12-27(13-15-28)21-5-1-2-6-22(21)29(31)32/h1-11,16-17H,12-15H2/b10-8+. The number of nitro groups is 1. The number of benzene rings is 2. The molecule has 4 rings (SSSR count). The summed E-state index contributed by atoms with van der Waals surface area (Å²) in [7, 11) is 0. The maximum atomic E-state index is 14.4. The fraction of sp³-hybridized carbons (Fsp3) is 0.167. The zero-order valence-corrected chi connectivity index (χ0v) is 17.6. The van der Waals surface area contributed by atoms with Crippen molar-refractivity contribution >= 4 is 23.4 Å². The number of aromatic nitrogens is 1. The number of nitro benzene ring substituents is 1. The maximum Gasteiger partial charge on any atom is 0.292 e. The maximum absolute atomic E-state index is 14.4. The quantitative estimate of drug-likeness (QED) is 0.318. The Hall–Kier alpha value is -4.27. The van der Waals surface area contributed by atoms with Crippen LogP contribution in [0.1, 0.15) is 5.56 Å². The normalized spacial score (nSPS) is 13.8. The van der Waals surface area contributed by atoms with Crippen LogP contribution in [0.2, 0.25) is 0 Å². The molecule has 1 fully saturated rings. The number of carbonyl (C=O) groups excluding carboxylic acids is 1. The molecule has 33 heavy (non-hydrogen) atoms. The van der Waals surface area contributed by atoms with E-state index in [9.17, 15) is 19.3 Å². The first-order valence-corrected chi connectivity index (χ1v) is 10.3. The van der Waals surface area contributed by atoms with Gasteiger partial charge in [-0.25, -0.2) is 4.39 Å². The molecule has 1 amide bonds. The zero-order valence-electron chi connectivity index (χ0n) is 17.6. The summed E-state index contributed by atoms with van der Waals surface area (Å²) in [6.45, 7) is 1.84. The van der Waals surface area contributed by atoms with Crippen LogP contribution in [0.5, 0.6) is 11.5 Å². The van der Waals surface area contributed by atoms with E-state index >= 15 is 0 Å². The van der Waals surface area contributed by atoms with E-state index in [1.165, 1.54) is 30.5 Å². The largest absolute Gasteiger partial charge is 0.453 e. The van der Waals surface area contributed by atoms with Gasteiger partial charge in [-0.3, -0.25) is 19.9 Å². The number of piperazine rings is 1. The molecular weight excluding hydrogens is 427 g/mol. The van der Waals surface area contributed by atoms with Gasteiger partial charge in [-0.15, -0.1) is 0 Å². The van der Waals surface area contributed by atoms with Crippen molar-refractivity contribution in [2.45, 2.75) is 0 Å². The first kappa shape index (κ1) is 21.9. The molecule has 9 heteroatoms. The number of nitrogens with zero attached hydrogens (tertiary/aromatic N) is 4. The molecule has 1 aliphatic heterocycles. The molecule has 168 valence electrons. The van der Waals surface area contributed by atoms with Crippen molar-refractivity contribution in [3.63, 3.8) is 0 Å². The molecular formula is C24H21FN4O4. The van der Waals surface area contributed by atoms with Gasteiger partial charge in [0.25, 0.3) is 5.69 Å². The van der Waals surface area contributed by atoms with Gasteiger partial charge in [0, 0.05) is 44.5 Å². The van der Waals surface area contributed by atoms with E-state index in [0.717, 1.165) is 0 Å². The Morgan fingerprint density at radius 3 is 2.58 bits per heavy atom. The number of carbonyl (C=O) groups is 1. The summed E-state index contributed by atoms with van der Waals surface area (Å²) in [6, 6.07) is 14.4. The second-order valence-corrected chi connectivity index (χ2v) is 7.37. The highest BCUT2D eigenvalue weighted by Crippen LogP contribution is 2.28. The van der Waals surface area contributed by atoms with Crippen LogP contribution in [-0.4, -0.2) is 46.9 Å². The van der Waals surface area contributed by atoms with Gasteiger partial charge in [-0.05, 0) is 42.0 Å². The number of ether oxygens (including phenoxy) is 1. The van der Waals surface area contributed by atoms with E-state index in [2.05, 4.69) is 4.98 Å². The van der Waals surface area contributed by atoms with Crippen LogP contribution >= 0.6 is 0 Å². The second kappa shape index (κ2) is 9.90. The molecule has 0 bridgehead atoms. The molecule has 1 saturated heterocycles. The number of hydrogen-bond acceptors (Lipinski definition) is 6. The zero-order chi connectivity index (χ0) is 23.2. The van der Waals surface area contributed by atoms with E-state index in [1.807, 2.05) is 4.90 Å². The first-order chi connectivity index (χ1) is 16.0. The Kier molecular flexibility index (Phi) is 6.58. The number of rotatable bonds is 6. The SMILES string of the molecule is O=C(/C=C/c1ccc(Oc2cccnc2)c(F)c1)N1CCN(c2ccccc2[N+](=O)[O-])CC1. The van der Waals surface area contributed by atoms with Gasteiger partial charge in [0.15, 0.2) is 11.6 Å². The van der Waals surface area contributed by atoms with E-state index in [1.54, 1.807) is 53.6 Å². The van der Waals surface area contributed by atoms with Crippen LogP contribution in [0, 0.1) is 15.9 Å². The Balaban J connectivity index is 1.35. The van der Waals surface area contributed by atoms with Crippen molar-refractivity contribution in [2.75, 3.05) is 31.1 Å². The molecule has 0 radical (unpaired) electrons. The van der Waals surface area contributed by atoms with E-state index in [4.69, 9.17) is 4.74 Å². The summed E-state index contributed by atoms with van der Waals surface area (Å²) in [5, 5.41) is 11.3. The van der Waals surface area contributed by atoms with Crippen molar-refractivity contribution in [1.82, 2.24) is 9.88 Å². The lowest BCUT2D eigenvalue weighted by Gasteiger charge is -2.35. The summed E-state index contributed by atoms with van der Waals surface area (Å²) in [6.07, 6.45) is 6.03. The Morgan fingerprint density at radius 1 is 1.09 bits per heavy atom. The third-order valence-corrected chi connectivity index (χ3v) is 5.25. The van der Waals surface area contributed by atoms with Crippen molar-refractivity contribution in [1.29, 1.82) is 0 Å². The van der Waals surface area contributed by atoms with Gasteiger partial charge in [-0.2, -0.15) is 0 Å². The molecule has 0 saturated carbocycles. The molecule has 1 aliphatic rings. The second-order valence-electron chi connectivity index (χ2n) is 7.37. The molecule has 0 aliphatic carbocycles. The summed E-state index contributed by atoms with van der Waals surface area (Å²) >= 11 is 0. The number of anilines is 1. The van der Waals surface area contributed by atoms with Crippen LogP contribution in [0.4, 0.5) is 15.8 Å². The average molecular weight is 448 g/mol. The van der Waals surface area contributed by atoms with Crippen molar-refractivity contribution in [3.8, 4) is 11.5 Å². The highest BCUT2D eigenvalue weighted by Gasteiger charge is 2.24. The van der Waals surface area contributed by atoms with Crippen molar-refractivity contribution in [2.24, 2.45) is 0 Å². The lowest BCUT2D eigenvalue weighted by Crippen LogP contribution is -2.48. The third kappa shape index (κ3) is 5.32. The third-order valence-electron chi connectivity index (χ3n) is 5.25. The minimum atomic E-state index is -0.550. The van der Waals surface area contributed by atoms with Gasteiger partial charge >= 0.3 is 0 Å². The van der Waals surface area contributed by atoms with Crippen molar-refractivity contribution < 1.29 is 18.8 Å². The highest BCUT2D eigenvalue weighted by atomic mass is 19.1. The molecule has 8 nitrogen and oxygen atoms in total. The predicted octanol–water partition coefficient (Wildman–Crippen LogP) is 4.28. The molecule has 0 unspecified atom stereocenters. The van der Waals surface area contributed by atoms with E-state index in [0.29, 0.717) is 43.2 Å². The van der Waals surface area contributed by atoms with E-state index < -0.39 is 10.7 Å². The molecule has 0 N–H and O–H groups in total. The highest BCUT2D eigenvalue weighted by molar-refractivity contribution is 5.92. The van der Waals surface area contributed by atoms with Crippen LogP contribution in [0.25, 0.3) is 6.08 Å². The topological polar surface area (TPSA) is 88.8 Å². The summed E-state index contributed by atoms with van der Waals surface area (Å²) in [5.74, 6) is -0.257. The number of para-hydroxylation sites is 2. The lowest BCUT2D eigenvalue weighted by atomic mass is 10.2. The van der Waals surface area contributed by atoms with Gasteiger partial charge < -0.3 is 14.5 Å². The summed E-state index contributed by atoms with van der Waals surface area (Å²) in [4.78, 5) is 30.9. The lowest BCUT2D eigenvalue weighted by molar-refractivity contribution is -0.384. The molecule has 2 aromatic carbocycles. The van der Waals surface area contributed by atoms with Crippen LogP contribution in [0.3, 0.4) is 0 Å². The number of amides is 1. The van der Waals surface area contributed by atoms with Crippen LogP contribution in [-0.2, 0) is 4.79 Å². The van der Waals surface area contributed by atoms with Gasteiger partial charge in [0.1, 0.15) is 11.4 Å². The Morgan fingerprint density at radius 2 is 1.88 bits per heavy atom. The first-order valence-electron chi connectivity index (χ1n) is 10.3. The molecule has 0 atom stereocenters. The summed E-state index contributed by atoms with van der Waals surface area (Å²) < 4.78 is 19.9. The molecule has 1 aromatic heterocycles. The number of hydrogen-bond donors (Lipinski definition) is 0. The predicted molar refractivity (Wildman–Crippen MR) is 122 cm³/mol. The van der Waals surface area contributed by atoms with Gasteiger partial charge in [-0.1, -0.05) is 18.2 Å². The molecule has 0 spiro atoms. The molecule has 3 aromatic rings.